The fourth-order valence-corrected chi connectivity index (χ4v) is 2.59. The zero-order valence-electron chi connectivity index (χ0n) is 10.2. The number of hydrogen-bond acceptors (Lipinski definition) is 3. The molecule has 0 atom stereocenters. The van der Waals surface area contributed by atoms with Gasteiger partial charge in [0.25, 0.3) is 5.91 Å². The second kappa shape index (κ2) is 5.24. The summed E-state index contributed by atoms with van der Waals surface area (Å²) in [5.74, 6) is -0.119. The smallest absolute Gasteiger partial charge is 0.271 e. The minimum atomic E-state index is -0.119. The third-order valence-electron chi connectivity index (χ3n) is 2.87. The van der Waals surface area contributed by atoms with Crippen LogP contribution in [0.3, 0.4) is 0 Å². The lowest BCUT2D eigenvalue weighted by atomic mass is 10.1. The lowest BCUT2D eigenvalue weighted by Crippen LogP contribution is -2.25. The first-order valence-electron chi connectivity index (χ1n) is 6.07. The van der Waals surface area contributed by atoms with E-state index in [1.54, 1.807) is 6.20 Å². The summed E-state index contributed by atoms with van der Waals surface area (Å²) in [7, 11) is 0. The van der Waals surface area contributed by atoms with Crippen molar-refractivity contribution in [2.75, 3.05) is 6.54 Å². The van der Waals surface area contributed by atoms with Crippen molar-refractivity contribution < 1.29 is 4.79 Å². The van der Waals surface area contributed by atoms with E-state index in [9.17, 15) is 4.79 Å². The molecular weight excluding hydrogens is 258 g/mol. The molecule has 0 aliphatic carbocycles. The monoisotopic (exact) mass is 271 g/mol. The van der Waals surface area contributed by atoms with E-state index in [1.807, 2.05) is 34.2 Å². The number of carbonyl (C=O) groups excluding carboxylic acids is 1. The quantitative estimate of drug-likeness (QED) is 0.792. The minimum Gasteiger partial charge on any atom is -0.350 e. The fraction of sp³-hybridized carbons (Fsp3) is 0.143. The zero-order chi connectivity index (χ0) is 13.1. The summed E-state index contributed by atoms with van der Waals surface area (Å²) >= 11 is 1.52. The molecule has 0 unspecified atom stereocenters. The van der Waals surface area contributed by atoms with Gasteiger partial charge in [0.1, 0.15) is 5.69 Å². The summed E-state index contributed by atoms with van der Waals surface area (Å²) < 4.78 is 1.86. The average molecular weight is 271 g/mol. The fourth-order valence-electron chi connectivity index (χ4n) is 1.89. The number of imidazole rings is 1. The molecule has 0 aliphatic heterocycles. The maximum absolute atomic E-state index is 11.9. The van der Waals surface area contributed by atoms with E-state index in [4.69, 9.17) is 0 Å². The first-order chi connectivity index (χ1) is 9.33. The van der Waals surface area contributed by atoms with Crippen molar-refractivity contribution in [3.63, 3.8) is 0 Å². The number of carbonyl (C=O) groups is 1. The van der Waals surface area contributed by atoms with Gasteiger partial charge in [-0.25, -0.2) is 4.98 Å². The van der Waals surface area contributed by atoms with E-state index in [0.29, 0.717) is 12.2 Å². The number of hydrogen-bond donors (Lipinski definition) is 1. The zero-order valence-corrected chi connectivity index (χ0v) is 11.1. The van der Waals surface area contributed by atoms with E-state index >= 15 is 0 Å². The predicted molar refractivity (Wildman–Crippen MR) is 75.5 cm³/mol. The van der Waals surface area contributed by atoms with Crippen molar-refractivity contribution in [3.05, 3.63) is 59.4 Å². The molecule has 0 radical (unpaired) electrons. The van der Waals surface area contributed by atoms with Gasteiger partial charge in [-0.3, -0.25) is 9.20 Å². The molecule has 0 aliphatic rings. The van der Waals surface area contributed by atoms with Crippen molar-refractivity contribution in [3.8, 4) is 0 Å². The Morgan fingerprint density at radius 2 is 2.16 bits per heavy atom. The predicted octanol–water partition coefficient (Wildman–Crippen LogP) is 2.37. The standard InChI is InChI=1S/C14H13N3OS/c18-13(12-10-17-8-9-19-14(17)16-12)15-7-6-11-4-2-1-3-5-11/h1-5,8-10H,6-7H2,(H,15,18). The molecule has 1 N–H and O–H groups in total. The topological polar surface area (TPSA) is 46.4 Å². The van der Waals surface area contributed by atoms with E-state index in [2.05, 4.69) is 22.4 Å². The molecule has 0 bridgehead atoms. The van der Waals surface area contributed by atoms with Gasteiger partial charge < -0.3 is 5.32 Å². The Labute approximate surface area is 114 Å². The highest BCUT2D eigenvalue weighted by Gasteiger charge is 2.10. The summed E-state index contributed by atoms with van der Waals surface area (Å²) in [6.07, 6.45) is 4.48. The van der Waals surface area contributed by atoms with Gasteiger partial charge in [-0.1, -0.05) is 30.3 Å². The van der Waals surface area contributed by atoms with Crippen molar-refractivity contribution >= 4 is 22.2 Å². The molecule has 3 rings (SSSR count). The minimum absolute atomic E-state index is 0.119. The third-order valence-corrected chi connectivity index (χ3v) is 3.64. The van der Waals surface area contributed by atoms with Crippen molar-refractivity contribution in [1.82, 2.24) is 14.7 Å². The Kier molecular flexibility index (Phi) is 3.29. The number of thiazole rings is 1. The lowest BCUT2D eigenvalue weighted by Gasteiger charge is -2.03. The van der Waals surface area contributed by atoms with Gasteiger partial charge in [0, 0.05) is 24.3 Å². The highest BCUT2D eigenvalue weighted by atomic mass is 32.1. The normalized spacial score (nSPS) is 10.7. The van der Waals surface area contributed by atoms with Crippen LogP contribution in [0.1, 0.15) is 16.1 Å². The third kappa shape index (κ3) is 2.66. The Balaban J connectivity index is 1.58. The van der Waals surface area contributed by atoms with Crippen molar-refractivity contribution in [2.45, 2.75) is 6.42 Å². The Morgan fingerprint density at radius 3 is 2.95 bits per heavy atom. The van der Waals surface area contributed by atoms with Crippen LogP contribution in [-0.2, 0) is 6.42 Å². The van der Waals surface area contributed by atoms with Crippen LogP contribution in [0.2, 0.25) is 0 Å². The molecule has 96 valence electrons. The van der Waals surface area contributed by atoms with E-state index in [-0.39, 0.29) is 5.91 Å². The van der Waals surface area contributed by atoms with Gasteiger partial charge in [0.2, 0.25) is 0 Å². The molecule has 0 spiro atoms. The largest absolute Gasteiger partial charge is 0.350 e. The Morgan fingerprint density at radius 1 is 1.32 bits per heavy atom. The molecular formula is C14H13N3OS. The van der Waals surface area contributed by atoms with Gasteiger partial charge in [-0.15, -0.1) is 11.3 Å². The van der Waals surface area contributed by atoms with Gasteiger partial charge in [0.05, 0.1) is 0 Å². The summed E-state index contributed by atoms with van der Waals surface area (Å²) in [6.45, 7) is 0.619. The van der Waals surface area contributed by atoms with Crippen LogP contribution in [0.4, 0.5) is 0 Å². The highest BCUT2D eigenvalue weighted by Crippen LogP contribution is 2.11. The van der Waals surface area contributed by atoms with E-state index in [1.165, 1.54) is 16.9 Å². The van der Waals surface area contributed by atoms with E-state index in [0.717, 1.165) is 11.4 Å². The van der Waals surface area contributed by atoms with Crippen LogP contribution in [0.15, 0.2) is 48.1 Å². The summed E-state index contributed by atoms with van der Waals surface area (Å²) in [5, 5.41) is 4.83. The molecule has 1 aromatic carbocycles. The Hall–Kier alpha value is -2.14. The van der Waals surface area contributed by atoms with Crippen LogP contribution < -0.4 is 5.32 Å². The number of rotatable bonds is 4. The van der Waals surface area contributed by atoms with Crippen LogP contribution in [0.25, 0.3) is 4.96 Å². The number of amides is 1. The molecule has 2 aromatic heterocycles. The molecule has 5 heteroatoms. The number of nitrogens with one attached hydrogen (secondary N) is 1. The Bertz CT molecular complexity index is 658. The first-order valence-corrected chi connectivity index (χ1v) is 6.95. The van der Waals surface area contributed by atoms with Gasteiger partial charge >= 0.3 is 0 Å². The molecule has 4 nitrogen and oxygen atoms in total. The van der Waals surface area contributed by atoms with Crippen molar-refractivity contribution in [2.24, 2.45) is 0 Å². The number of fused-ring (bicyclic) bond motifs is 1. The van der Waals surface area contributed by atoms with Crippen LogP contribution in [0.5, 0.6) is 0 Å². The molecule has 3 aromatic rings. The molecule has 0 saturated heterocycles. The molecule has 0 saturated carbocycles. The number of aromatic nitrogens is 2. The second-order valence-electron chi connectivity index (χ2n) is 4.21. The first kappa shape index (κ1) is 11.9. The van der Waals surface area contributed by atoms with Crippen LogP contribution >= 0.6 is 11.3 Å². The van der Waals surface area contributed by atoms with Crippen LogP contribution in [-0.4, -0.2) is 21.8 Å². The number of benzene rings is 1. The molecule has 1 amide bonds. The highest BCUT2D eigenvalue weighted by molar-refractivity contribution is 7.15. The maximum Gasteiger partial charge on any atom is 0.271 e. The lowest BCUT2D eigenvalue weighted by molar-refractivity contribution is 0.0950. The average Bonchev–Trinajstić information content (AvgIpc) is 3.00. The van der Waals surface area contributed by atoms with Gasteiger partial charge in [-0.2, -0.15) is 0 Å². The summed E-state index contributed by atoms with van der Waals surface area (Å²) in [6, 6.07) is 10.1. The SMILES string of the molecule is O=C(NCCc1ccccc1)c1cn2ccsc2n1. The van der Waals surface area contributed by atoms with Crippen molar-refractivity contribution in [1.29, 1.82) is 0 Å². The van der Waals surface area contributed by atoms with Crippen LogP contribution in [0, 0.1) is 0 Å². The van der Waals surface area contributed by atoms with Gasteiger partial charge in [-0.05, 0) is 12.0 Å². The molecule has 2 heterocycles. The summed E-state index contributed by atoms with van der Waals surface area (Å²) in [5.41, 5.74) is 1.69. The molecule has 0 fully saturated rings. The molecule has 19 heavy (non-hydrogen) atoms. The maximum atomic E-state index is 11.9. The van der Waals surface area contributed by atoms with Gasteiger partial charge in [0.15, 0.2) is 4.96 Å². The second-order valence-corrected chi connectivity index (χ2v) is 5.08. The summed E-state index contributed by atoms with van der Waals surface area (Å²) in [4.78, 5) is 17.0. The van der Waals surface area contributed by atoms with E-state index < -0.39 is 0 Å². The number of nitrogens with zero attached hydrogens (tertiary/aromatic N) is 2.